The minimum Gasteiger partial charge on any atom is -0.237 e. The van der Waals surface area contributed by atoms with Gasteiger partial charge in [-0.25, -0.2) is 4.68 Å². The monoisotopic (exact) mass is 352 g/mol. The van der Waals surface area contributed by atoms with Crippen molar-refractivity contribution in [2.75, 3.05) is 0 Å². The molecular formula is C11H8BrCl3N2. The lowest BCUT2D eigenvalue weighted by atomic mass is 10.2. The van der Waals surface area contributed by atoms with Gasteiger partial charge < -0.3 is 0 Å². The summed E-state index contributed by atoms with van der Waals surface area (Å²) in [6.07, 6.45) is 1.78. The van der Waals surface area contributed by atoms with E-state index in [1.54, 1.807) is 29.1 Å². The van der Waals surface area contributed by atoms with Crippen LogP contribution in [-0.2, 0) is 3.91 Å². The van der Waals surface area contributed by atoms with Crippen molar-refractivity contribution >= 4 is 50.7 Å². The lowest BCUT2D eigenvalue weighted by Gasteiger charge is -2.22. The van der Waals surface area contributed by atoms with E-state index in [9.17, 15) is 0 Å². The van der Waals surface area contributed by atoms with Crippen molar-refractivity contribution in [1.29, 1.82) is 0 Å². The van der Waals surface area contributed by atoms with Crippen molar-refractivity contribution in [2.24, 2.45) is 0 Å². The number of aromatic nitrogens is 2. The zero-order valence-electron chi connectivity index (χ0n) is 8.79. The Morgan fingerprint density at radius 1 is 1.29 bits per heavy atom. The Morgan fingerprint density at radius 2 is 2.00 bits per heavy atom. The number of alkyl halides is 2. The number of halogens is 4. The topological polar surface area (TPSA) is 17.8 Å². The first-order chi connectivity index (χ1) is 7.91. The standard InChI is InChI=1S/C11H8BrCl3N2/c1-7-4-5-17(16-7)11(12,15)9-3-2-8(13)6-10(9)14/h2-6H,1H3. The number of hydrogen-bond acceptors (Lipinski definition) is 1. The summed E-state index contributed by atoms with van der Waals surface area (Å²) >= 11 is 21.9. The van der Waals surface area contributed by atoms with E-state index in [1.807, 2.05) is 13.0 Å². The lowest BCUT2D eigenvalue weighted by Crippen LogP contribution is -2.22. The molecule has 1 aromatic carbocycles. The summed E-state index contributed by atoms with van der Waals surface area (Å²) in [5.74, 6) is 0. The van der Waals surface area contributed by atoms with Gasteiger partial charge in [0.25, 0.3) is 0 Å². The Hall–Kier alpha value is -0.220. The van der Waals surface area contributed by atoms with E-state index in [0.717, 1.165) is 5.69 Å². The molecule has 0 spiro atoms. The third-order valence-electron chi connectivity index (χ3n) is 2.27. The summed E-state index contributed by atoms with van der Waals surface area (Å²) in [7, 11) is 0. The van der Waals surface area contributed by atoms with Gasteiger partial charge in [-0.1, -0.05) is 40.9 Å². The summed E-state index contributed by atoms with van der Waals surface area (Å²) < 4.78 is 0.585. The molecule has 0 aliphatic carbocycles. The largest absolute Gasteiger partial charge is 0.237 e. The molecule has 0 fully saturated rings. The van der Waals surface area contributed by atoms with E-state index in [4.69, 9.17) is 34.8 Å². The van der Waals surface area contributed by atoms with E-state index < -0.39 is 3.91 Å². The average molecular weight is 354 g/mol. The summed E-state index contributed by atoms with van der Waals surface area (Å²) in [6.45, 7) is 1.89. The maximum absolute atomic E-state index is 6.45. The van der Waals surface area contributed by atoms with Crippen LogP contribution in [0.15, 0.2) is 30.5 Å². The van der Waals surface area contributed by atoms with Crippen molar-refractivity contribution in [3.05, 3.63) is 51.8 Å². The molecule has 1 atom stereocenters. The molecule has 17 heavy (non-hydrogen) atoms. The molecule has 0 N–H and O–H groups in total. The molecule has 0 aliphatic rings. The first-order valence-electron chi connectivity index (χ1n) is 4.77. The highest BCUT2D eigenvalue weighted by molar-refractivity contribution is 9.10. The summed E-state index contributed by atoms with van der Waals surface area (Å²) in [5, 5.41) is 5.32. The van der Waals surface area contributed by atoms with Crippen LogP contribution < -0.4 is 0 Å². The minimum absolute atomic E-state index is 0.484. The van der Waals surface area contributed by atoms with Gasteiger partial charge in [-0.2, -0.15) is 5.10 Å². The average Bonchev–Trinajstić information content (AvgIpc) is 2.64. The van der Waals surface area contributed by atoms with Crippen molar-refractivity contribution in [3.63, 3.8) is 0 Å². The van der Waals surface area contributed by atoms with Crippen LogP contribution in [0.4, 0.5) is 0 Å². The van der Waals surface area contributed by atoms with Crippen LogP contribution >= 0.6 is 50.7 Å². The quantitative estimate of drug-likeness (QED) is 0.709. The molecule has 0 saturated heterocycles. The lowest BCUT2D eigenvalue weighted by molar-refractivity contribution is 0.622. The van der Waals surface area contributed by atoms with E-state index in [0.29, 0.717) is 15.6 Å². The van der Waals surface area contributed by atoms with E-state index in [-0.39, 0.29) is 0 Å². The summed E-state index contributed by atoms with van der Waals surface area (Å²) in [5.41, 5.74) is 1.56. The molecular weight excluding hydrogens is 346 g/mol. The number of hydrogen-bond donors (Lipinski definition) is 0. The molecule has 6 heteroatoms. The second-order valence-electron chi connectivity index (χ2n) is 3.57. The molecule has 2 nitrogen and oxygen atoms in total. The fourth-order valence-corrected chi connectivity index (χ4v) is 2.94. The van der Waals surface area contributed by atoms with E-state index >= 15 is 0 Å². The highest BCUT2D eigenvalue weighted by Crippen LogP contribution is 2.41. The van der Waals surface area contributed by atoms with Crippen molar-refractivity contribution < 1.29 is 0 Å². The van der Waals surface area contributed by atoms with Crippen LogP contribution in [0.25, 0.3) is 0 Å². The number of nitrogens with zero attached hydrogens (tertiary/aromatic N) is 2. The Kier molecular flexibility index (Phi) is 3.74. The molecule has 0 radical (unpaired) electrons. The Balaban J connectivity index is 2.51. The van der Waals surface area contributed by atoms with Gasteiger partial charge in [0.05, 0.1) is 5.69 Å². The van der Waals surface area contributed by atoms with Gasteiger partial charge in [0.2, 0.25) is 3.91 Å². The van der Waals surface area contributed by atoms with E-state index in [1.165, 1.54) is 0 Å². The van der Waals surface area contributed by atoms with Crippen molar-refractivity contribution in [3.8, 4) is 0 Å². The van der Waals surface area contributed by atoms with Crippen LogP contribution in [0.1, 0.15) is 11.3 Å². The molecule has 90 valence electrons. The van der Waals surface area contributed by atoms with Gasteiger partial charge >= 0.3 is 0 Å². The SMILES string of the molecule is Cc1ccn(C(Cl)(Br)c2ccc(Cl)cc2Cl)n1. The zero-order chi connectivity index (χ0) is 12.6. The predicted molar refractivity (Wildman–Crippen MR) is 75.3 cm³/mol. The van der Waals surface area contributed by atoms with Gasteiger partial charge in [-0.15, -0.1) is 0 Å². The maximum atomic E-state index is 6.45. The van der Waals surface area contributed by atoms with Crippen LogP contribution in [0.2, 0.25) is 10.0 Å². The maximum Gasteiger partial charge on any atom is 0.217 e. The van der Waals surface area contributed by atoms with Gasteiger partial charge in [-0.05, 0) is 41.1 Å². The number of rotatable bonds is 2. The smallest absolute Gasteiger partial charge is 0.217 e. The van der Waals surface area contributed by atoms with Crippen molar-refractivity contribution in [2.45, 2.75) is 10.8 Å². The van der Waals surface area contributed by atoms with Crippen LogP contribution in [0, 0.1) is 6.92 Å². The number of aryl methyl sites for hydroxylation is 1. The molecule has 1 aromatic heterocycles. The highest BCUT2D eigenvalue weighted by atomic mass is 79.9. The van der Waals surface area contributed by atoms with Gasteiger partial charge in [0, 0.05) is 21.8 Å². The van der Waals surface area contributed by atoms with Crippen molar-refractivity contribution in [1.82, 2.24) is 9.78 Å². The molecule has 0 aliphatic heterocycles. The van der Waals surface area contributed by atoms with Crippen LogP contribution in [0.3, 0.4) is 0 Å². The minimum atomic E-state index is -1.01. The Morgan fingerprint density at radius 3 is 2.53 bits per heavy atom. The molecule has 0 amide bonds. The Bertz CT molecular complexity index is 551. The van der Waals surface area contributed by atoms with E-state index in [2.05, 4.69) is 21.0 Å². The first kappa shape index (κ1) is 13.2. The van der Waals surface area contributed by atoms with Gasteiger partial charge in [-0.3, -0.25) is 0 Å². The zero-order valence-corrected chi connectivity index (χ0v) is 12.6. The second-order valence-corrected chi connectivity index (χ2v) is 6.56. The molecule has 0 saturated carbocycles. The molecule has 1 heterocycles. The summed E-state index contributed by atoms with van der Waals surface area (Å²) in [4.78, 5) is 0. The Labute approximate surface area is 123 Å². The fraction of sp³-hybridized carbons (Fsp3) is 0.182. The second kappa shape index (κ2) is 4.81. The van der Waals surface area contributed by atoms with Gasteiger partial charge in [0.1, 0.15) is 0 Å². The molecule has 2 aromatic rings. The molecule has 2 rings (SSSR count). The normalized spacial score (nSPS) is 14.6. The fourth-order valence-electron chi connectivity index (χ4n) is 1.43. The first-order valence-corrected chi connectivity index (χ1v) is 6.70. The molecule has 1 unspecified atom stereocenters. The predicted octanol–water partition coefficient (Wildman–Crippen LogP) is 4.79. The summed E-state index contributed by atoms with van der Waals surface area (Å²) in [6, 6.07) is 7.01. The third kappa shape index (κ3) is 2.63. The number of benzene rings is 1. The highest BCUT2D eigenvalue weighted by Gasteiger charge is 2.31. The van der Waals surface area contributed by atoms with Crippen LogP contribution in [-0.4, -0.2) is 9.78 Å². The molecule has 0 bridgehead atoms. The van der Waals surface area contributed by atoms with Gasteiger partial charge in [0.15, 0.2) is 0 Å². The third-order valence-corrected chi connectivity index (χ3v) is 3.98. The van der Waals surface area contributed by atoms with Crippen LogP contribution in [0.5, 0.6) is 0 Å².